The van der Waals surface area contributed by atoms with E-state index in [9.17, 15) is 0 Å². The summed E-state index contributed by atoms with van der Waals surface area (Å²) in [6.45, 7) is 8.16. The summed E-state index contributed by atoms with van der Waals surface area (Å²) in [5.41, 5.74) is 11.6. The lowest BCUT2D eigenvalue weighted by molar-refractivity contribution is 1.06. The molecular formula is C14H17N3. The van der Waals surface area contributed by atoms with E-state index < -0.39 is 0 Å². The van der Waals surface area contributed by atoms with E-state index in [4.69, 9.17) is 5.73 Å². The number of nitrogens with two attached hydrogens (primary N) is 1. The van der Waals surface area contributed by atoms with Crippen LogP contribution in [0.15, 0.2) is 18.2 Å². The molecule has 2 aromatic rings. The molecule has 0 amide bonds. The molecule has 0 aliphatic carbocycles. The van der Waals surface area contributed by atoms with Crippen LogP contribution in [0, 0.1) is 27.7 Å². The number of rotatable bonds is 1. The van der Waals surface area contributed by atoms with Crippen molar-refractivity contribution in [3.8, 4) is 11.3 Å². The molecule has 0 fully saturated rings. The van der Waals surface area contributed by atoms with E-state index in [2.05, 4.69) is 42.9 Å². The Balaban J connectivity index is 2.68. The Hall–Kier alpha value is -1.90. The Kier molecular flexibility index (Phi) is 2.84. The zero-order valence-electron chi connectivity index (χ0n) is 10.7. The van der Waals surface area contributed by atoms with Crippen LogP contribution in [0.4, 0.5) is 5.82 Å². The number of nitrogen functional groups attached to an aromatic ring is 1. The Morgan fingerprint density at radius 1 is 0.882 bits per heavy atom. The lowest BCUT2D eigenvalue weighted by Crippen LogP contribution is -1.99. The highest BCUT2D eigenvalue weighted by atomic mass is 14.9. The topological polar surface area (TPSA) is 51.8 Å². The summed E-state index contributed by atoms with van der Waals surface area (Å²) in [6, 6.07) is 6.16. The molecule has 0 atom stereocenters. The van der Waals surface area contributed by atoms with Gasteiger partial charge in [-0.15, -0.1) is 0 Å². The number of aromatic nitrogens is 2. The highest BCUT2D eigenvalue weighted by molar-refractivity contribution is 5.69. The molecule has 17 heavy (non-hydrogen) atoms. The summed E-state index contributed by atoms with van der Waals surface area (Å²) in [5.74, 6) is 1.23. The maximum absolute atomic E-state index is 5.78. The quantitative estimate of drug-likeness (QED) is 0.814. The molecule has 0 aliphatic rings. The lowest BCUT2D eigenvalue weighted by atomic mass is 9.97. The van der Waals surface area contributed by atoms with Crippen LogP contribution >= 0.6 is 0 Å². The van der Waals surface area contributed by atoms with Gasteiger partial charge in [0.1, 0.15) is 11.6 Å². The molecule has 2 rings (SSSR count). The average molecular weight is 227 g/mol. The van der Waals surface area contributed by atoms with Crippen molar-refractivity contribution in [2.45, 2.75) is 27.7 Å². The monoisotopic (exact) mass is 227 g/mol. The summed E-state index contributed by atoms with van der Waals surface area (Å²) in [6.07, 6.45) is 0. The molecule has 0 spiro atoms. The normalized spacial score (nSPS) is 10.6. The summed E-state index contributed by atoms with van der Waals surface area (Å²) >= 11 is 0. The number of anilines is 1. The molecule has 1 aromatic heterocycles. The molecule has 0 aliphatic heterocycles. The van der Waals surface area contributed by atoms with Crippen LogP contribution in [0.2, 0.25) is 0 Å². The van der Waals surface area contributed by atoms with E-state index in [-0.39, 0.29) is 0 Å². The molecule has 0 bridgehead atoms. The smallest absolute Gasteiger partial charge is 0.128 e. The van der Waals surface area contributed by atoms with Crippen molar-refractivity contribution in [3.05, 3.63) is 40.7 Å². The molecule has 1 heterocycles. The number of hydrogen-bond acceptors (Lipinski definition) is 3. The van der Waals surface area contributed by atoms with Gasteiger partial charge in [-0.25, -0.2) is 9.97 Å². The van der Waals surface area contributed by atoms with Gasteiger partial charge in [0.2, 0.25) is 0 Å². The first-order valence-electron chi connectivity index (χ1n) is 5.67. The van der Waals surface area contributed by atoms with Crippen LogP contribution < -0.4 is 5.73 Å². The van der Waals surface area contributed by atoms with Crippen molar-refractivity contribution >= 4 is 5.82 Å². The predicted octanol–water partition coefficient (Wildman–Crippen LogP) is 2.96. The third-order valence-corrected chi connectivity index (χ3v) is 2.79. The second-order valence-electron chi connectivity index (χ2n) is 4.50. The largest absolute Gasteiger partial charge is 0.384 e. The van der Waals surface area contributed by atoms with Gasteiger partial charge in [-0.3, -0.25) is 0 Å². The number of hydrogen-bond donors (Lipinski definition) is 1. The minimum Gasteiger partial charge on any atom is -0.384 e. The lowest BCUT2D eigenvalue weighted by Gasteiger charge is -2.11. The van der Waals surface area contributed by atoms with Gasteiger partial charge < -0.3 is 5.73 Å². The summed E-state index contributed by atoms with van der Waals surface area (Å²) in [5, 5.41) is 0. The van der Waals surface area contributed by atoms with Crippen molar-refractivity contribution in [2.24, 2.45) is 0 Å². The van der Waals surface area contributed by atoms with Crippen LogP contribution in [0.1, 0.15) is 22.5 Å². The summed E-state index contributed by atoms with van der Waals surface area (Å²) in [7, 11) is 0. The van der Waals surface area contributed by atoms with Gasteiger partial charge in [-0.2, -0.15) is 0 Å². The fraction of sp³-hybridized carbons (Fsp3) is 0.286. The van der Waals surface area contributed by atoms with Crippen molar-refractivity contribution in [1.82, 2.24) is 9.97 Å². The Morgan fingerprint density at radius 2 is 1.47 bits per heavy atom. The summed E-state index contributed by atoms with van der Waals surface area (Å²) < 4.78 is 0. The minimum absolute atomic E-state index is 0.520. The van der Waals surface area contributed by atoms with E-state index in [0.29, 0.717) is 11.6 Å². The van der Waals surface area contributed by atoms with Gasteiger partial charge in [-0.1, -0.05) is 17.7 Å². The molecule has 3 nitrogen and oxygen atoms in total. The fourth-order valence-electron chi connectivity index (χ4n) is 2.30. The Bertz CT molecular complexity index is 530. The zero-order chi connectivity index (χ0) is 12.6. The van der Waals surface area contributed by atoms with E-state index in [1.165, 1.54) is 16.7 Å². The first-order chi connectivity index (χ1) is 7.97. The van der Waals surface area contributed by atoms with Gasteiger partial charge in [-0.05, 0) is 38.8 Å². The molecule has 3 heteroatoms. The second-order valence-corrected chi connectivity index (χ2v) is 4.50. The number of benzene rings is 1. The second kappa shape index (κ2) is 4.17. The molecule has 1 aromatic carbocycles. The molecular weight excluding hydrogens is 210 g/mol. The van der Waals surface area contributed by atoms with Gasteiger partial charge in [0.15, 0.2) is 0 Å². The first kappa shape index (κ1) is 11.6. The number of aryl methyl sites for hydroxylation is 4. The SMILES string of the molecule is Cc1cc(C)c(-c2cc(N)nc(C)n2)c(C)c1. The fourth-order valence-corrected chi connectivity index (χ4v) is 2.30. The van der Waals surface area contributed by atoms with Crippen LogP contribution in [-0.4, -0.2) is 9.97 Å². The van der Waals surface area contributed by atoms with E-state index in [0.717, 1.165) is 11.3 Å². The molecule has 0 saturated heterocycles. The standard InChI is InChI=1S/C14H17N3/c1-8-5-9(2)14(10(3)6-8)12-7-13(15)17-11(4)16-12/h5-7H,1-4H3,(H2,15,16,17). The van der Waals surface area contributed by atoms with Gasteiger partial charge in [0.05, 0.1) is 5.69 Å². The third-order valence-electron chi connectivity index (χ3n) is 2.79. The molecule has 0 radical (unpaired) electrons. The first-order valence-corrected chi connectivity index (χ1v) is 5.67. The van der Waals surface area contributed by atoms with Gasteiger partial charge in [0.25, 0.3) is 0 Å². The van der Waals surface area contributed by atoms with E-state index in [1.807, 2.05) is 13.0 Å². The Morgan fingerprint density at radius 3 is 2.00 bits per heavy atom. The van der Waals surface area contributed by atoms with Crippen molar-refractivity contribution in [1.29, 1.82) is 0 Å². The van der Waals surface area contributed by atoms with E-state index in [1.54, 1.807) is 0 Å². The van der Waals surface area contributed by atoms with E-state index >= 15 is 0 Å². The zero-order valence-corrected chi connectivity index (χ0v) is 10.7. The maximum atomic E-state index is 5.78. The summed E-state index contributed by atoms with van der Waals surface area (Å²) in [4.78, 5) is 8.57. The maximum Gasteiger partial charge on any atom is 0.128 e. The highest BCUT2D eigenvalue weighted by Crippen LogP contribution is 2.27. The molecule has 2 N–H and O–H groups in total. The van der Waals surface area contributed by atoms with Crippen LogP contribution in [-0.2, 0) is 0 Å². The molecule has 88 valence electrons. The van der Waals surface area contributed by atoms with Gasteiger partial charge in [0, 0.05) is 11.6 Å². The van der Waals surface area contributed by atoms with Crippen LogP contribution in [0.25, 0.3) is 11.3 Å². The van der Waals surface area contributed by atoms with Crippen LogP contribution in [0.5, 0.6) is 0 Å². The average Bonchev–Trinajstić information content (AvgIpc) is 2.13. The molecule has 0 saturated carbocycles. The van der Waals surface area contributed by atoms with Gasteiger partial charge >= 0.3 is 0 Å². The highest BCUT2D eigenvalue weighted by Gasteiger charge is 2.09. The Labute approximate surface area is 102 Å². The third kappa shape index (κ3) is 2.28. The van der Waals surface area contributed by atoms with Crippen LogP contribution in [0.3, 0.4) is 0 Å². The number of nitrogens with zero attached hydrogens (tertiary/aromatic N) is 2. The minimum atomic E-state index is 0.520. The van der Waals surface area contributed by atoms with Crippen molar-refractivity contribution < 1.29 is 0 Å². The predicted molar refractivity (Wildman–Crippen MR) is 70.8 cm³/mol. The van der Waals surface area contributed by atoms with Crippen molar-refractivity contribution in [2.75, 3.05) is 5.73 Å². The molecule has 0 unspecified atom stereocenters. The van der Waals surface area contributed by atoms with Crippen molar-refractivity contribution in [3.63, 3.8) is 0 Å².